The number of nitrogens with one attached hydrogen (secondary N) is 1. The normalized spacial score (nSPS) is 10.6. The molecule has 106 valence electrons. The topological polar surface area (TPSA) is 46.9 Å². The van der Waals surface area contributed by atoms with Crippen LogP contribution in [0.5, 0.6) is 0 Å². The molecule has 6 heteroatoms. The minimum Gasteiger partial charge on any atom is -0.326 e. The number of hydrogen-bond donors (Lipinski definition) is 1. The van der Waals surface area contributed by atoms with E-state index in [1.54, 1.807) is 6.20 Å². The summed E-state index contributed by atoms with van der Waals surface area (Å²) in [5.74, 6) is 0.354. The smallest absolute Gasteiger partial charge is 0.234 e. The molecule has 0 radical (unpaired) electrons. The number of imidazole rings is 1. The number of nitrogens with zero attached hydrogens (tertiary/aromatic N) is 2. The lowest BCUT2D eigenvalue weighted by atomic mass is 10.2. The van der Waals surface area contributed by atoms with E-state index in [0.29, 0.717) is 5.75 Å². The van der Waals surface area contributed by atoms with Crippen LogP contribution in [0.1, 0.15) is 12.5 Å². The minimum atomic E-state index is -0.00930. The first-order valence-electron chi connectivity index (χ1n) is 6.30. The molecule has 0 aliphatic rings. The largest absolute Gasteiger partial charge is 0.326 e. The highest BCUT2D eigenvalue weighted by atomic mass is 127. The van der Waals surface area contributed by atoms with Crippen molar-refractivity contribution in [3.8, 4) is 0 Å². The van der Waals surface area contributed by atoms with Crippen molar-refractivity contribution in [3.63, 3.8) is 0 Å². The zero-order chi connectivity index (χ0) is 14.5. The zero-order valence-electron chi connectivity index (χ0n) is 11.4. The Balaban J connectivity index is 1.93. The van der Waals surface area contributed by atoms with E-state index >= 15 is 0 Å². The first-order valence-corrected chi connectivity index (χ1v) is 8.36. The van der Waals surface area contributed by atoms with Crippen molar-refractivity contribution in [2.75, 3.05) is 11.1 Å². The van der Waals surface area contributed by atoms with Gasteiger partial charge in [-0.3, -0.25) is 4.79 Å². The van der Waals surface area contributed by atoms with Crippen LogP contribution >= 0.6 is 34.4 Å². The maximum Gasteiger partial charge on any atom is 0.234 e. The van der Waals surface area contributed by atoms with Gasteiger partial charge in [0, 0.05) is 28.2 Å². The Morgan fingerprint density at radius 2 is 2.30 bits per heavy atom. The maximum absolute atomic E-state index is 12.0. The highest BCUT2D eigenvalue weighted by molar-refractivity contribution is 14.1. The number of halogens is 1. The van der Waals surface area contributed by atoms with E-state index in [1.165, 1.54) is 11.8 Å². The van der Waals surface area contributed by atoms with Crippen molar-refractivity contribution >= 4 is 45.9 Å². The number of carbonyl (C=O) groups is 1. The molecule has 4 nitrogen and oxygen atoms in total. The summed E-state index contributed by atoms with van der Waals surface area (Å²) in [4.78, 5) is 16.2. The van der Waals surface area contributed by atoms with Gasteiger partial charge in [0.25, 0.3) is 0 Å². The summed E-state index contributed by atoms with van der Waals surface area (Å²) in [6.07, 6.45) is 3.68. The van der Waals surface area contributed by atoms with Gasteiger partial charge in [0.15, 0.2) is 5.16 Å². The molecule has 0 fully saturated rings. The molecule has 1 heterocycles. The second-order valence-electron chi connectivity index (χ2n) is 4.29. The summed E-state index contributed by atoms with van der Waals surface area (Å²) in [6.45, 7) is 4.91. The van der Waals surface area contributed by atoms with E-state index in [4.69, 9.17) is 0 Å². The molecule has 0 aliphatic carbocycles. The average molecular weight is 401 g/mol. The quantitative estimate of drug-likeness (QED) is 0.616. The summed E-state index contributed by atoms with van der Waals surface area (Å²) >= 11 is 3.71. The lowest BCUT2D eigenvalue weighted by molar-refractivity contribution is -0.113. The molecule has 0 aliphatic heterocycles. The van der Waals surface area contributed by atoms with Crippen molar-refractivity contribution in [1.82, 2.24) is 9.55 Å². The van der Waals surface area contributed by atoms with Gasteiger partial charge in [-0.15, -0.1) is 0 Å². The van der Waals surface area contributed by atoms with E-state index < -0.39 is 0 Å². The number of amides is 1. The molecule has 1 aromatic heterocycles. The van der Waals surface area contributed by atoms with Crippen molar-refractivity contribution in [1.29, 1.82) is 0 Å². The molecule has 0 spiro atoms. The number of anilines is 1. The van der Waals surface area contributed by atoms with E-state index in [2.05, 4.69) is 39.8 Å². The van der Waals surface area contributed by atoms with Crippen LogP contribution in [0.2, 0.25) is 0 Å². The number of benzene rings is 1. The molecule has 1 N–H and O–H groups in total. The molecule has 0 unspecified atom stereocenters. The number of carbonyl (C=O) groups excluding carboxylic acids is 1. The average Bonchev–Trinajstić information content (AvgIpc) is 2.87. The predicted octanol–water partition coefficient (Wildman–Crippen LogP) is 3.55. The van der Waals surface area contributed by atoms with Crippen LogP contribution in [-0.2, 0) is 11.3 Å². The van der Waals surface area contributed by atoms with Gasteiger partial charge < -0.3 is 9.88 Å². The lowest BCUT2D eigenvalue weighted by Gasteiger charge is -2.09. The Morgan fingerprint density at radius 3 is 3.00 bits per heavy atom. The number of aromatic nitrogens is 2. The van der Waals surface area contributed by atoms with Crippen LogP contribution in [0.3, 0.4) is 0 Å². The zero-order valence-corrected chi connectivity index (χ0v) is 14.4. The van der Waals surface area contributed by atoms with Gasteiger partial charge >= 0.3 is 0 Å². The molecular formula is C14H16IN3OS. The lowest BCUT2D eigenvalue weighted by Crippen LogP contribution is -2.15. The number of thioether (sulfide) groups is 1. The van der Waals surface area contributed by atoms with E-state index in [0.717, 1.165) is 26.5 Å². The van der Waals surface area contributed by atoms with E-state index in [1.807, 2.05) is 35.9 Å². The van der Waals surface area contributed by atoms with Gasteiger partial charge in [0.05, 0.1) is 5.75 Å². The first-order chi connectivity index (χ1) is 9.60. The van der Waals surface area contributed by atoms with Crippen LogP contribution in [0.4, 0.5) is 5.69 Å². The fourth-order valence-corrected chi connectivity index (χ4v) is 3.23. The third-order valence-electron chi connectivity index (χ3n) is 2.81. The molecule has 0 saturated heterocycles. The van der Waals surface area contributed by atoms with Gasteiger partial charge in [-0.05, 0) is 60.2 Å². The molecule has 0 bridgehead atoms. The maximum atomic E-state index is 12.0. The molecule has 20 heavy (non-hydrogen) atoms. The number of rotatable bonds is 5. The summed E-state index contributed by atoms with van der Waals surface area (Å²) in [6, 6.07) is 5.97. The Kier molecular flexibility index (Phi) is 5.47. The molecule has 0 atom stereocenters. The third-order valence-corrected chi connectivity index (χ3v) is 4.49. The van der Waals surface area contributed by atoms with Crippen LogP contribution < -0.4 is 5.32 Å². The fraction of sp³-hybridized carbons (Fsp3) is 0.286. The van der Waals surface area contributed by atoms with Gasteiger partial charge in [0.2, 0.25) is 5.91 Å². The summed E-state index contributed by atoms with van der Waals surface area (Å²) < 4.78 is 3.19. The standard InChI is InChI=1S/C14H16IN3OS/c1-3-18-7-6-16-14(18)20-9-13(19)17-12-5-4-11(15)8-10(12)2/h4-8H,3,9H2,1-2H3,(H,17,19). The van der Waals surface area contributed by atoms with E-state index in [9.17, 15) is 4.79 Å². The Hall–Kier alpha value is -1.02. The monoisotopic (exact) mass is 401 g/mol. The van der Waals surface area contributed by atoms with Crippen molar-refractivity contribution in [3.05, 3.63) is 39.7 Å². The van der Waals surface area contributed by atoms with Crippen molar-refractivity contribution < 1.29 is 4.79 Å². The molecule has 1 amide bonds. The van der Waals surface area contributed by atoms with Gasteiger partial charge in [0.1, 0.15) is 0 Å². The van der Waals surface area contributed by atoms with Crippen molar-refractivity contribution in [2.24, 2.45) is 0 Å². The Labute approximate surface area is 136 Å². The molecule has 2 rings (SSSR count). The number of hydrogen-bond acceptors (Lipinski definition) is 3. The first kappa shape index (κ1) is 15.4. The molecule has 1 aromatic carbocycles. The molecule has 0 saturated carbocycles. The van der Waals surface area contributed by atoms with Gasteiger partial charge in [-0.1, -0.05) is 11.8 Å². The highest BCUT2D eigenvalue weighted by Gasteiger charge is 2.08. The summed E-state index contributed by atoms with van der Waals surface area (Å²) in [5, 5.41) is 3.81. The molecule has 2 aromatic rings. The SMILES string of the molecule is CCn1ccnc1SCC(=O)Nc1ccc(I)cc1C. The molecular weight excluding hydrogens is 385 g/mol. The minimum absolute atomic E-state index is 0.00930. The second-order valence-corrected chi connectivity index (χ2v) is 6.48. The van der Waals surface area contributed by atoms with Crippen LogP contribution in [0, 0.1) is 10.5 Å². The number of aryl methyl sites for hydroxylation is 2. The van der Waals surface area contributed by atoms with Crippen LogP contribution in [0.25, 0.3) is 0 Å². The Bertz CT molecular complexity index is 612. The third kappa shape index (κ3) is 3.99. The van der Waals surface area contributed by atoms with Gasteiger partial charge in [-0.25, -0.2) is 4.98 Å². The van der Waals surface area contributed by atoms with Crippen LogP contribution in [-0.4, -0.2) is 21.2 Å². The van der Waals surface area contributed by atoms with Crippen molar-refractivity contribution in [2.45, 2.75) is 25.5 Å². The summed E-state index contributed by atoms with van der Waals surface area (Å²) in [7, 11) is 0. The summed E-state index contributed by atoms with van der Waals surface area (Å²) in [5.41, 5.74) is 1.94. The van der Waals surface area contributed by atoms with E-state index in [-0.39, 0.29) is 5.91 Å². The Morgan fingerprint density at radius 1 is 1.50 bits per heavy atom. The van der Waals surface area contributed by atoms with Crippen LogP contribution in [0.15, 0.2) is 35.7 Å². The predicted molar refractivity (Wildman–Crippen MR) is 91.2 cm³/mol. The fourth-order valence-electron chi connectivity index (χ4n) is 1.76. The van der Waals surface area contributed by atoms with Gasteiger partial charge in [-0.2, -0.15) is 0 Å². The highest BCUT2D eigenvalue weighted by Crippen LogP contribution is 2.19. The second kappa shape index (κ2) is 7.12.